The number of fused-ring (bicyclic) bond motifs is 2. The lowest BCUT2D eigenvalue weighted by Gasteiger charge is -2.33. The van der Waals surface area contributed by atoms with Crippen molar-refractivity contribution in [3.8, 4) is 0 Å². The molecule has 0 unspecified atom stereocenters. The number of carbonyl (C=O) groups excluding carboxylic acids is 2. The summed E-state index contributed by atoms with van der Waals surface area (Å²) in [6.45, 7) is 3.42. The number of amides is 2. The van der Waals surface area contributed by atoms with Crippen molar-refractivity contribution < 1.29 is 9.59 Å². The van der Waals surface area contributed by atoms with Crippen molar-refractivity contribution in [3.05, 3.63) is 59.4 Å². The van der Waals surface area contributed by atoms with E-state index in [0.717, 1.165) is 53.8 Å². The van der Waals surface area contributed by atoms with E-state index in [1.807, 2.05) is 42.3 Å². The third kappa shape index (κ3) is 2.82. The molecule has 3 aromatic rings. The van der Waals surface area contributed by atoms with E-state index >= 15 is 0 Å². The van der Waals surface area contributed by atoms with Crippen LogP contribution in [0.1, 0.15) is 53.1 Å². The van der Waals surface area contributed by atoms with Crippen LogP contribution in [0.4, 0.5) is 5.82 Å². The first-order valence-electron chi connectivity index (χ1n) is 10.2. The number of aromatic nitrogens is 2. The quantitative estimate of drug-likeness (QED) is 0.728. The predicted molar refractivity (Wildman–Crippen MR) is 112 cm³/mol. The second-order valence-electron chi connectivity index (χ2n) is 8.10. The van der Waals surface area contributed by atoms with Crippen LogP contribution in [0.15, 0.2) is 42.7 Å². The molecule has 1 N–H and O–H groups in total. The molecule has 4 heterocycles. The minimum atomic E-state index is -0.147. The molecule has 6 nitrogen and oxygen atoms in total. The maximum Gasteiger partial charge on any atom is 0.253 e. The molecule has 1 aromatic carbocycles. The highest BCUT2D eigenvalue weighted by atomic mass is 16.2. The summed E-state index contributed by atoms with van der Waals surface area (Å²) in [5.74, 6) is 1.19. The van der Waals surface area contributed by atoms with Crippen LogP contribution >= 0.6 is 0 Å². The molecule has 148 valence electrons. The minimum Gasteiger partial charge on any atom is -0.361 e. The second kappa shape index (κ2) is 6.72. The fourth-order valence-corrected chi connectivity index (χ4v) is 4.82. The molecule has 2 aliphatic rings. The SMILES string of the molecule is C[C@H]1C(=O)N(C)c2nccc(C3CCN(C(=O)c4ccc5[nH]ccc5c4)CC3)c21. The highest BCUT2D eigenvalue weighted by molar-refractivity contribution is 6.03. The highest BCUT2D eigenvalue weighted by Gasteiger charge is 2.37. The van der Waals surface area contributed by atoms with Gasteiger partial charge in [-0.25, -0.2) is 4.98 Å². The second-order valence-corrected chi connectivity index (χ2v) is 8.10. The van der Waals surface area contributed by atoms with Gasteiger partial charge in [-0.3, -0.25) is 14.5 Å². The van der Waals surface area contributed by atoms with Gasteiger partial charge in [-0.2, -0.15) is 0 Å². The average Bonchev–Trinajstić information content (AvgIpc) is 3.32. The van der Waals surface area contributed by atoms with E-state index in [4.69, 9.17) is 0 Å². The van der Waals surface area contributed by atoms with Crippen molar-refractivity contribution in [2.75, 3.05) is 25.0 Å². The molecule has 29 heavy (non-hydrogen) atoms. The molecule has 0 saturated carbocycles. The zero-order chi connectivity index (χ0) is 20.1. The zero-order valence-corrected chi connectivity index (χ0v) is 16.7. The number of nitrogens with zero attached hydrogens (tertiary/aromatic N) is 3. The molecule has 0 bridgehead atoms. The molecule has 2 aromatic heterocycles. The highest BCUT2D eigenvalue weighted by Crippen LogP contribution is 2.42. The summed E-state index contributed by atoms with van der Waals surface area (Å²) in [4.78, 5) is 36.6. The maximum atomic E-state index is 13.0. The average molecular weight is 388 g/mol. The Balaban J connectivity index is 1.34. The molecular weight excluding hydrogens is 364 g/mol. The number of nitrogens with one attached hydrogen (secondary N) is 1. The van der Waals surface area contributed by atoms with E-state index in [1.54, 1.807) is 18.1 Å². The number of hydrogen-bond donors (Lipinski definition) is 1. The van der Waals surface area contributed by atoms with Gasteiger partial charge in [0.2, 0.25) is 5.91 Å². The summed E-state index contributed by atoms with van der Waals surface area (Å²) in [7, 11) is 1.80. The van der Waals surface area contributed by atoms with Crippen molar-refractivity contribution in [2.24, 2.45) is 0 Å². The summed E-state index contributed by atoms with van der Waals surface area (Å²) in [5, 5.41) is 1.06. The molecule has 0 spiro atoms. The number of hydrogen-bond acceptors (Lipinski definition) is 3. The van der Waals surface area contributed by atoms with E-state index in [2.05, 4.69) is 16.0 Å². The van der Waals surface area contributed by atoms with Crippen LogP contribution in [0.25, 0.3) is 10.9 Å². The van der Waals surface area contributed by atoms with E-state index < -0.39 is 0 Å². The molecule has 2 aliphatic heterocycles. The number of pyridine rings is 1. The fraction of sp³-hybridized carbons (Fsp3) is 0.348. The number of carbonyl (C=O) groups is 2. The van der Waals surface area contributed by atoms with Gasteiger partial charge in [0.25, 0.3) is 5.91 Å². The largest absolute Gasteiger partial charge is 0.361 e. The molecule has 1 saturated heterocycles. The number of benzene rings is 1. The van der Waals surface area contributed by atoms with Gasteiger partial charge in [0.05, 0.1) is 5.92 Å². The van der Waals surface area contributed by atoms with Crippen molar-refractivity contribution >= 4 is 28.5 Å². The smallest absolute Gasteiger partial charge is 0.253 e. The number of piperidine rings is 1. The zero-order valence-electron chi connectivity index (χ0n) is 16.7. The lowest BCUT2D eigenvalue weighted by atomic mass is 9.84. The summed E-state index contributed by atoms with van der Waals surface area (Å²) in [6.07, 6.45) is 5.50. The molecule has 5 rings (SSSR count). The monoisotopic (exact) mass is 388 g/mol. The Bertz CT molecular complexity index is 1110. The van der Waals surface area contributed by atoms with Gasteiger partial charge < -0.3 is 9.88 Å². The number of rotatable bonds is 2. The lowest BCUT2D eigenvalue weighted by Crippen LogP contribution is -2.38. The molecule has 0 aliphatic carbocycles. The molecule has 0 radical (unpaired) electrons. The molecule has 1 atom stereocenters. The molecule has 6 heteroatoms. The topological polar surface area (TPSA) is 69.3 Å². The minimum absolute atomic E-state index is 0.0924. The van der Waals surface area contributed by atoms with Gasteiger partial charge in [0.15, 0.2) is 0 Å². The van der Waals surface area contributed by atoms with E-state index in [0.29, 0.717) is 5.92 Å². The number of likely N-dealkylation sites (N-methyl/N-ethyl adjacent to an activating group) is 1. The Labute approximate surface area is 169 Å². The Morgan fingerprint density at radius 1 is 1.17 bits per heavy atom. The van der Waals surface area contributed by atoms with Crippen LogP contribution in [0.3, 0.4) is 0 Å². The summed E-state index contributed by atoms with van der Waals surface area (Å²) in [5.41, 5.74) is 4.07. The van der Waals surface area contributed by atoms with Crippen LogP contribution in [0.5, 0.6) is 0 Å². The van der Waals surface area contributed by atoms with Gasteiger partial charge >= 0.3 is 0 Å². The van der Waals surface area contributed by atoms with Crippen LogP contribution in [-0.2, 0) is 4.79 Å². The van der Waals surface area contributed by atoms with Gasteiger partial charge in [-0.15, -0.1) is 0 Å². The van der Waals surface area contributed by atoms with Crippen molar-refractivity contribution in [1.29, 1.82) is 0 Å². The number of anilines is 1. The summed E-state index contributed by atoms with van der Waals surface area (Å²) < 4.78 is 0. The van der Waals surface area contributed by atoms with Gasteiger partial charge in [-0.1, -0.05) is 0 Å². The molecule has 2 amide bonds. The van der Waals surface area contributed by atoms with Crippen molar-refractivity contribution in [2.45, 2.75) is 31.6 Å². The third-order valence-corrected chi connectivity index (χ3v) is 6.48. The first kappa shape index (κ1) is 17.9. The van der Waals surface area contributed by atoms with Crippen LogP contribution < -0.4 is 4.90 Å². The van der Waals surface area contributed by atoms with Crippen LogP contribution in [0, 0.1) is 0 Å². The van der Waals surface area contributed by atoms with Crippen molar-refractivity contribution in [3.63, 3.8) is 0 Å². The summed E-state index contributed by atoms with van der Waals surface area (Å²) in [6, 6.07) is 9.86. The molecular formula is C23H24N4O2. The number of likely N-dealkylation sites (tertiary alicyclic amines) is 1. The first-order valence-corrected chi connectivity index (χ1v) is 10.2. The first-order chi connectivity index (χ1) is 14.0. The van der Waals surface area contributed by atoms with E-state index in [1.165, 1.54) is 5.56 Å². The third-order valence-electron chi connectivity index (χ3n) is 6.48. The van der Waals surface area contributed by atoms with Gasteiger partial charge in [-0.05, 0) is 61.6 Å². The Hall–Kier alpha value is -3.15. The van der Waals surface area contributed by atoms with Gasteiger partial charge in [0, 0.05) is 54.6 Å². The number of aromatic amines is 1. The lowest BCUT2D eigenvalue weighted by molar-refractivity contribution is -0.118. The van der Waals surface area contributed by atoms with Crippen LogP contribution in [-0.4, -0.2) is 46.8 Å². The van der Waals surface area contributed by atoms with Crippen LogP contribution in [0.2, 0.25) is 0 Å². The normalized spacial score (nSPS) is 19.8. The van der Waals surface area contributed by atoms with Gasteiger partial charge in [0.1, 0.15) is 5.82 Å². The predicted octanol–water partition coefficient (Wildman–Crippen LogP) is 3.66. The standard InChI is InChI=1S/C23H24N4O2/c1-14-20-18(6-10-25-21(20)26(2)22(14)28)15-7-11-27(12-8-15)23(29)17-3-4-19-16(13-17)5-9-24-19/h3-6,9-10,13-15,24H,7-8,11-12H2,1-2H3/t14-/m1/s1. The Kier molecular flexibility index (Phi) is 4.15. The Morgan fingerprint density at radius 2 is 1.97 bits per heavy atom. The van der Waals surface area contributed by atoms with E-state index in [9.17, 15) is 9.59 Å². The number of H-pyrrole nitrogens is 1. The van der Waals surface area contributed by atoms with Crippen molar-refractivity contribution in [1.82, 2.24) is 14.9 Å². The maximum absolute atomic E-state index is 13.0. The Morgan fingerprint density at radius 3 is 2.76 bits per heavy atom. The molecule has 1 fully saturated rings. The van der Waals surface area contributed by atoms with E-state index in [-0.39, 0.29) is 17.7 Å². The fourth-order valence-electron chi connectivity index (χ4n) is 4.82. The summed E-state index contributed by atoms with van der Waals surface area (Å²) >= 11 is 0.